The number of rotatable bonds is 5. The van der Waals surface area contributed by atoms with Crippen LogP contribution in [-0.4, -0.2) is 33.7 Å². The molecule has 1 fully saturated rings. The molecule has 170 valence electrons. The van der Waals surface area contributed by atoms with E-state index in [0.29, 0.717) is 10.7 Å². The third-order valence-electron chi connectivity index (χ3n) is 5.46. The number of aryl methyl sites for hydroxylation is 3. The Hall–Kier alpha value is -3.52. The largest absolute Gasteiger partial charge is 0.463 e. The molecule has 1 aromatic carbocycles. The van der Waals surface area contributed by atoms with E-state index in [2.05, 4.69) is 41.4 Å². The van der Waals surface area contributed by atoms with Gasteiger partial charge in [-0.2, -0.15) is 0 Å². The Labute approximate surface area is 196 Å². The standard InChI is InChI=1S/C25H24N2O5S/c1-14-8-15(2)10-19(9-14)27-16(3)11-18(17(27)4)12-22-23(28)26(25(30)33-22)13-20-6-7-21(32-20)24(29)31-5/h6-12H,13H2,1-5H3/b22-12+. The van der Waals surface area contributed by atoms with Crippen molar-refractivity contribution in [3.63, 3.8) is 0 Å². The Morgan fingerprint density at radius 3 is 2.42 bits per heavy atom. The van der Waals surface area contributed by atoms with Crippen LogP contribution in [0, 0.1) is 27.7 Å². The Kier molecular flexibility index (Phi) is 6.03. The summed E-state index contributed by atoms with van der Waals surface area (Å²) in [5, 5.41) is -0.384. The highest BCUT2D eigenvalue weighted by Crippen LogP contribution is 2.35. The van der Waals surface area contributed by atoms with Crippen LogP contribution >= 0.6 is 11.8 Å². The van der Waals surface area contributed by atoms with Gasteiger partial charge in [0.25, 0.3) is 11.1 Å². The van der Waals surface area contributed by atoms with Gasteiger partial charge < -0.3 is 13.7 Å². The van der Waals surface area contributed by atoms with E-state index in [9.17, 15) is 14.4 Å². The zero-order chi connectivity index (χ0) is 23.9. The second-order valence-corrected chi connectivity index (χ2v) is 9.03. The number of hydrogen-bond acceptors (Lipinski definition) is 6. The summed E-state index contributed by atoms with van der Waals surface area (Å²) in [4.78, 5) is 38.5. The molecule has 0 saturated carbocycles. The van der Waals surface area contributed by atoms with E-state index in [1.807, 2.05) is 19.9 Å². The highest BCUT2D eigenvalue weighted by atomic mass is 32.2. The van der Waals surface area contributed by atoms with Crippen LogP contribution in [0.2, 0.25) is 0 Å². The molecule has 8 heteroatoms. The van der Waals surface area contributed by atoms with Gasteiger partial charge in [0.1, 0.15) is 5.76 Å². The van der Waals surface area contributed by atoms with E-state index in [4.69, 9.17) is 4.42 Å². The minimum Gasteiger partial charge on any atom is -0.463 e. The van der Waals surface area contributed by atoms with Crippen molar-refractivity contribution in [1.82, 2.24) is 9.47 Å². The number of methoxy groups -OCH3 is 1. The third kappa shape index (κ3) is 4.39. The van der Waals surface area contributed by atoms with Crippen molar-refractivity contribution < 1.29 is 23.5 Å². The zero-order valence-electron chi connectivity index (χ0n) is 19.1. The Bertz CT molecular complexity index is 1290. The van der Waals surface area contributed by atoms with E-state index < -0.39 is 11.9 Å². The van der Waals surface area contributed by atoms with Gasteiger partial charge in [-0.3, -0.25) is 14.5 Å². The van der Waals surface area contributed by atoms with Gasteiger partial charge in [-0.1, -0.05) is 6.07 Å². The van der Waals surface area contributed by atoms with E-state index >= 15 is 0 Å². The molecule has 2 amide bonds. The van der Waals surface area contributed by atoms with Crippen molar-refractivity contribution in [2.24, 2.45) is 0 Å². The van der Waals surface area contributed by atoms with Gasteiger partial charge in [-0.15, -0.1) is 0 Å². The predicted octanol–water partition coefficient (Wildman–Crippen LogP) is 5.33. The Morgan fingerprint density at radius 2 is 1.76 bits per heavy atom. The number of thioether (sulfide) groups is 1. The minimum atomic E-state index is -0.616. The lowest BCUT2D eigenvalue weighted by atomic mass is 10.1. The molecule has 33 heavy (non-hydrogen) atoms. The van der Waals surface area contributed by atoms with Crippen LogP contribution in [0.3, 0.4) is 0 Å². The zero-order valence-corrected chi connectivity index (χ0v) is 19.9. The van der Waals surface area contributed by atoms with Crippen LogP contribution in [0.1, 0.15) is 44.4 Å². The second-order valence-electron chi connectivity index (χ2n) is 8.03. The lowest BCUT2D eigenvalue weighted by Crippen LogP contribution is -2.27. The van der Waals surface area contributed by atoms with Gasteiger partial charge in [0, 0.05) is 17.1 Å². The fourth-order valence-corrected chi connectivity index (χ4v) is 4.85. The number of hydrogen-bond donors (Lipinski definition) is 0. The quantitative estimate of drug-likeness (QED) is 0.375. The van der Waals surface area contributed by atoms with E-state index in [-0.39, 0.29) is 17.5 Å². The highest BCUT2D eigenvalue weighted by molar-refractivity contribution is 8.18. The van der Waals surface area contributed by atoms with Gasteiger partial charge in [0.2, 0.25) is 5.76 Å². The molecule has 1 saturated heterocycles. The van der Waals surface area contributed by atoms with Crippen LogP contribution in [0.4, 0.5) is 4.79 Å². The molecule has 0 unspecified atom stereocenters. The maximum absolute atomic E-state index is 13.0. The first-order chi connectivity index (χ1) is 15.7. The molecule has 2 aromatic heterocycles. The second kappa shape index (κ2) is 8.78. The van der Waals surface area contributed by atoms with Gasteiger partial charge >= 0.3 is 5.97 Å². The Balaban J connectivity index is 1.60. The first kappa shape index (κ1) is 22.7. The number of furan rings is 1. The maximum atomic E-state index is 13.0. The topological polar surface area (TPSA) is 81.8 Å². The van der Waals surface area contributed by atoms with Crippen molar-refractivity contribution in [3.05, 3.63) is 80.9 Å². The van der Waals surface area contributed by atoms with Crippen LogP contribution in [0.25, 0.3) is 11.8 Å². The van der Waals surface area contributed by atoms with Crippen molar-refractivity contribution in [2.45, 2.75) is 34.2 Å². The molecule has 0 bridgehead atoms. The SMILES string of the molecule is COC(=O)c1ccc(CN2C(=O)S/C(=C/c3cc(C)n(-c4cc(C)cc(C)c4)c3C)C2=O)o1. The maximum Gasteiger partial charge on any atom is 0.373 e. The molecule has 3 heterocycles. The summed E-state index contributed by atoms with van der Waals surface area (Å²) in [6, 6.07) is 11.4. The molecule has 1 aliphatic heterocycles. The molecule has 7 nitrogen and oxygen atoms in total. The van der Waals surface area contributed by atoms with Crippen LogP contribution in [0.5, 0.6) is 0 Å². The van der Waals surface area contributed by atoms with E-state index in [1.165, 1.54) is 24.3 Å². The molecule has 0 N–H and O–H groups in total. The summed E-state index contributed by atoms with van der Waals surface area (Å²) in [5.74, 6) is -0.660. The van der Waals surface area contributed by atoms with Gasteiger partial charge in [-0.05, 0) is 92.6 Å². The molecule has 4 rings (SSSR count). The molecule has 0 aliphatic carbocycles. The van der Waals surface area contributed by atoms with Crippen LogP contribution in [0.15, 0.2) is 45.7 Å². The van der Waals surface area contributed by atoms with E-state index in [1.54, 1.807) is 12.1 Å². The number of amides is 2. The smallest absolute Gasteiger partial charge is 0.373 e. The molecule has 0 spiro atoms. The van der Waals surface area contributed by atoms with Gasteiger partial charge in [0.15, 0.2) is 0 Å². The van der Waals surface area contributed by atoms with Crippen LogP contribution < -0.4 is 0 Å². The summed E-state index contributed by atoms with van der Waals surface area (Å²) in [6.45, 7) is 8.09. The Morgan fingerprint density at radius 1 is 1.06 bits per heavy atom. The number of carbonyl (C=O) groups excluding carboxylic acids is 3. The fourth-order valence-electron chi connectivity index (χ4n) is 4.02. The number of ether oxygens (including phenoxy) is 1. The van der Waals surface area contributed by atoms with Gasteiger partial charge in [0.05, 0.1) is 18.6 Å². The average Bonchev–Trinajstić information content (AvgIpc) is 3.40. The number of nitrogens with zero attached hydrogens (tertiary/aromatic N) is 2. The fraction of sp³-hybridized carbons (Fsp3) is 0.240. The lowest BCUT2D eigenvalue weighted by molar-refractivity contribution is -0.123. The van der Waals surface area contributed by atoms with Crippen molar-refractivity contribution in [1.29, 1.82) is 0 Å². The normalized spacial score (nSPS) is 15.1. The highest BCUT2D eigenvalue weighted by Gasteiger charge is 2.36. The number of imide groups is 1. The summed E-state index contributed by atoms with van der Waals surface area (Å²) in [6.07, 6.45) is 1.76. The number of benzene rings is 1. The molecule has 3 aromatic rings. The molecular weight excluding hydrogens is 440 g/mol. The molecule has 1 aliphatic rings. The minimum absolute atomic E-state index is 0.0221. The van der Waals surface area contributed by atoms with Crippen LogP contribution in [-0.2, 0) is 16.1 Å². The average molecular weight is 465 g/mol. The number of carbonyl (C=O) groups is 3. The summed E-state index contributed by atoms with van der Waals surface area (Å²) in [5.41, 5.74) is 6.31. The van der Waals surface area contributed by atoms with Crippen molar-refractivity contribution in [2.75, 3.05) is 7.11 Å². The third-order valence-corrected chi connectivity index (χ3v) is 6.36. The number of esters is 1. The number of aromatic nitrogens is 1. The molecule has 0 radical (unpaired) electrons. The molecule has 0 atom stereocenters. The lowest BCUT2D eigenvalue weighted by Gasteiger charge is -2.12. The first-order valence-corrected chi connectivity index (χ1v) is 11.2. The summed E-state index contributed by atoms with van der Waals surface area (Å²) in [7, 11) is 1.25. The summed E-state index contributed by atoms with van der Waals surface area (Å²) < 4.78 is 12.2. The van der Waals surface area contributed by atoms with Gasteiger partial charge in [-0.25, -0.2) is 4.79 Å². The van der Waals surface area contributed by atoms with Crippen molar-refractivity contribution >= 4 is 35.0 Å². The predicted molar refractivity (Wildman–Crippen MR) is 126 cm³/mol. The van der Waals surface area contributed by atoms with E-state index in [0.717, 1.165) is 39.3 Å². The summed E-state index contributed by atoms with van der Waals surface area (Å²) >= 11 is 0.894. The van der Waals surface area contributed by atoms with Crippen molar-refractivity contribution in [3.8, 4) is 5.69 Å². The first-order valence-electron chi connectivity index (χ1n) is 10.4. The molecular formula is C25H24N2O5S. The monoisotopic (exact) mass is 464 g/mol.